The summed E-state index contributed by atoms with van der Waals surface area (Å²) in [5, 5.41) is 3.81. The van der Waals surface area contributed by atoms with Gasteiger partial charge in [-0.15, -0.1) is 0 Å². The molecule has 126 valence electrons. The molecule has 1 nitrogen and oxygen atoms in total. The van der Waals surface area contributed by atoms with E-state index in [2.05, 4.69) is 19.2 Å². The summed E-state index contributed by atoms with van der Waals surface area (Å²) in [6.45, 7) is 5.98. The Morgan fingerprint density at radius 1 is 0.714 bits per heavy atom. The summed E-state index contributed by atoms with van der Waals surface area (Å²) in [6.07, 6.45) is 21.6. The minimum atomic E-state index is 0.827. The van der Waals surface area contributed by atoms with Crippen LogP contribution in [0.15, 0.2) is 0 Å². The zero-order valence-electron chi connectivity index (χ0n) is 15.0. The zero-order chi connectivity index (χ0) is 15.2. The Labute approximate surface area is 134 Å². The number of unbranched alkanes of at least 4 members (excludes halogenated alkanes) is 9. The molecular weight excluding hydrogens is 254 g/mol. The highest BCUT2D eigenvalue weighted by molar-refractivity contribution is 4.73. The zero-order valence-corrected chi connectivity index (χ0v) is 15.0. The Balaban J connectivity index is 1.80. The van der Waals surface area contributed by atoms with Crippen LogP contribution in [0.25, 0.3) is 0 Å². The lowest BCUT2D eigenvalue weighted by molar-refractivity contribution is 0.438. The van der Waals surface area contributed by atoms with E-state index in [1.54, 1.807) is 0 Å². The van der Waals surface area contributed by atoms with Gasteiger partial charge in [0.2, 0.25) is 0 Å². The number of rotatable bonds is 12. The fourth-order valence-corrected chi connectivity index (χ4v) is 3.61. The van der Waals surface area contributed by atoms with E-state index in [1.165, 1.54) is 103 Å². The van der Waals surface area contributed by atoms with E-state index in [-0.39, 0.29) is 0 Å². The molecule has 1 saturated carbocycles. The van der Waals surface area contributed by atoms with Crippen molar-refractivity contribution in [2.75, 3.05) is 6.54 Å². The van der Waals surface area contributed by atoms with E-state index in [9.17, 15) is 0 Å². The van der Waals surface area contributed by atoms with Crippen LogP contribution in [-0.4, -0.2) is 12.6 Å². The monoisotopic (exact) mass is 295 g/mol. The third-order valence-electron chi connectivity index (χ3n) is 5.22. The second kappa shape index (κ2) is 13.6. The largest absolute Gasteiger partial charge is 0.314 e. The van der Waals surface area contributed by atoms with Crippen LogP contribution in [0.1, 0.15) is 110 Å². The molecule has 21 heavy (non-hydrogen) atoms. The molecule has 1 fully saturated rings. The van der Waals surface area contributed by atoms with Gasteiger partial charge in [-0.05, 0) is 38.1 Å². The molecule has 1 aliphatic carbocycles. The third-order valence-corrected chi connectivity index (χ3v) is 5.22. The van der Waals surface area contributed by atoms with Gasteiger partial charge in [0, 0.05) is 6.04 Å². The minimum Gasteiger partial charge on any atom is -0.314 e. The van der Waals surface area contributed by atoms with Crippen molar-refractivity contribution < 1.29 is 0 Å². The first-order valence-electron chi connectivity index (χ1n) is 10.1. The number of hydrogen-bond acceptors (Lipinski definition) is 1. The van der Waals surface area contributed by atoms with Gasteiger partial charge in [-0.3, -0.25) is 0 Å². The van der Waals surface area contributed by atoms with Crippen LogP contribution >= 0.6 is 0 Å². The average molecular weight is 296 g/mol. The van der Waals surface area contributed by atoms with Gasteiger partial charge >= 0.3 is 0 Å². The van der Waals surface area contributed by atoms with Crippen molar-refractivity contribution in [3.05, 3.63) is 0 Å². The summed E-state index contributed by atoms with van der Waals surface area (Å²) < 4.78 is 0. The molecule has 0 saturated heterocycles. The van der Waals surface area contributed by atoms with Crippen molar-refractivity contribution in [2.45, 2.75) is 116 Å². The van der Waals surface area contributed by atoms with Crippen LogP contribution in [0.2, 0.25) is 0 Å². The Kier molecular flexibility index (Phi) is 12.3. The normalized spacial score (nSPS) is 23.1. The summed E-state index contributed by atoms with van der Waals surface area (Å²) in [5.74, 6) is 0.967. The maximum Gasteiger partial charge on any atom is 0.00671 e. The van der Waals surface area contributed by atoms with Gasteiger partial charge in [0.15, 0.2) is 0 Å². The van der Waals surface area contributed by atoms with E-state index in [0.717, 1.165) is 12.0 Å². The lowest BCUT2D eigenvalue weighted by atomic mass is 10.0. The molecule has 0 aromatic heterocycles. The first kappa shape index (κ1) is 19.0. The quantitative estimate of drug-likeness (QED) is 0.321. The van der Waals surface area contributed by atoms with Crippen molar-refractivity contribution in [1.29, 1.82) is 0 Å². The predicted molar refractivity (Wildman–Crippen MR) is 95.9 cm³/mol. The Hall–Kier alpha value is -0.0400. The average Bonchev–Trinajstić information content (AvgIpc) is 2.69. The standard InChI is InChI=1S/C20H41N/c1-3-4-5-6-7-8-9-10-11-12-18-21-20-15-13-14-19(2)16-17-20/h19-21H,3-18H2,1-2H3. The predicted octanol–water partition coefficient (Wildman–Crippen LogP) is 6.47. The Bertz CT molecular complexity index is 214. The lowest BCUT2D eigenvalue weighted by Crippen LogP contribution is -2.29. The van der Waals surface area contributed by atoms with Crippen LogP contribution in [0, 0.1) is 5.92 Å². The van der Waals surface area contributed by atoms with Crippen molar-refractivity contribution in [3.63, 3.8) is 0 Å². The molecule has 1 N–H and O–H groups in total. The van der Waals surface area contributed by atoms with Gasteiger partial charge in [0.1, 0.15) is 0 Å². The van der Waals surface area contributed by atoms with Gasteiger partial charge < -0.3 is 5.32 Å². The fourth-order valence-electron chi connectivity index (χ4n) is 3.61. The van der Waals surface area contributed by atoms with Crippen molar-refractivity contribution >= 4 is 0 Å². The maximum atomic E-state index is 3.81. The summed E-state index contributed by atoms with van der Waals surface area (Å²) in [6, 6.07) is 0.827. The molecule has 0 bridgehead atoms. The second-order valence-electron chi connectivity index (χ2n) is 7.45. The third kappa shape index (κ3) is 11.2. The molecule has 0 radical (unpaired) electrons. The first-order chi connectivity index (χ1) is 10.3. The van der Waals surface area contributed by atoms with E-state index in [4.69, 9.17) is 0 Å². The number of nitrogens with one attached hydrogen (secondary N) is 1. The van der Waals surface area contributed by atoms with E-state index < -0.39 is 0 Å². The molecule has 0 aromatic carbocycles. The van der Waals surface area contributed by atoms with E-state index >= 15 is 0 Å². The van der Waals surface area contributed by atoms with Crippen LogP contribution in [0.4, 0.5) is 0 Å². The SMILES string of the molecule is CCCCCCCCCCCCNC1CCCC(C)CC1. The first-order valence-corrected chi connectivity index (χ1v) is 10.1. The molecule has 1 heteroatoms. The van der Waals surface area contributed by atoms with Gasteiger partial charge in [-0.25, -0.2) is 0 Å². The molecule has 1 aliphatic rings. The lowest BCUT2D eigenvalue weighted by Gasteiger charge is -2.16. The van der Waals surface area contributed by atoms with Gasteiger partial charge in [-0.1, -0.05) is 84.5 Å². The maximum absolute atomic E-state index is 3.81. The van der Waals surface area contributed by atoms with Crippen molar-refractivity contribution in [1.82, 2.24) is 5.32 Å². The molecular formula is C20H41N. The molecule has 0 spiro atoms. The molecule has 1 rings (SSSR count). The highest BCUT2D eigenvalue weighted by atomic mass is 14.9. The molecule has 0 amide bonds. The van der Waals surface area contributed by atoms with Crippen molar-refractivity contribution in [3.8, 4) is 0 Å². The molecule has 2 unspecified atom stereocenters. The second-order valence-corrected chi connectivity index (χ2v) is 7.45. The molecule has 0 aliphatic heterocycles. The van der Waals surface area contributed by atoms with Crippen LogP contribution in [-0.2, 0) is 0 Å². The topological polar surface area (TPSA) is 12.0 Å². The Morgan fingerprint density at radius 3 is 2.00 bits per heavy atom. The van der Waals surface area contributed by atoms with E-state index in [1.807, 2.05) is 0 Å². The molecule has 2 atom stereocenters. The van der Waals surface area contributed by atoms with Gasteiger partial charge in [-0.2, -0.15) is 0 Å². The van der Waals surface area contributed by atoms with E-state index in [0.29, 0.717) is 0 Å². The molecule has 0 heterocycles. The Morgan fingerprint density at radius 2 is 1.33 bits per heavy atom. The summed E-state index contributed by atoms with van der Waals surface area (Å²) in [5.41, 5.74) is 0. The molecule has 0 aromatic rings. The van der Waals surface area contributed by atoms with Gasteiger partial charge in [0.05, 0.1) is 0 Å². The van der Waals surface area contributed by atoms with Crippen LogP contribution in [0.3, 0.4) is 0 Å². The summed E-state index contributed by atoms with van der Waals surface area (Å²) in [4.78, 5) is 0. The smallest absolute Gasteiger partial charge is 0.00671 e. The highest BCUT2D eigenvalue weighted by Crippen LogP contribution is 2.22. The summed E-state index contributed by atoms with van der Waals surface area (Å²) >= 11 is 0. The number of hydrogen-bond donors (Lipinski definition) is 1. The fraction of sp³-hybridized carbons (Fsp3) is 1.00. The minimum absolute atomic E-state index is 0.827. The van der Waals surface area contributed by atoms with Crippen molar-refractivity contribution in [2.24, 2.45) is 5.92 Å². The van der Waals surface area contributed by atoms with Crippen LogP contribution < -0.4 is 5.32 Å². The highest BCUT2D eigenvalue weighted by Gasteiger charge is 2.14. The van der Waals surface area contributed by atoms with Gasteiger partial charge in [0.25, 0.3) is 0 Å². The van der Waals surface area contributed by atoms with Crippen LogP contribution in [0.5, 0.6) is 0 Å². The summed E-state index contributed by atoms with van der Waals surface area (Å²) in [7, 11) is 0.